The van der Waals surface area contributed by atoms with Crippen LogP contribution in [-0.4, -0.2) is 17.0 Å². The van der Waals surface area contributed by atoms with Gasteiger partial charge in [0.25, 0.3) is 0 Å². The number of hydrogen-bond donors (Lipinski definition) is 1. The first-order valence-corrected chi connectivity index (χ1v) is 6.88. The van der Waals surface area contributed by atoms with Gasteiger partial charge in [-0.15, -0.1) is 0 Å². The van der Waals surface area contributed by atoms with Crippen molar-refractivity contribution in [3.8, 4) is 0 Å². The minimum absolute atomic E-state index is 0.0370. The molecule has 1 N–H and O–H groups in total. The standard InChI is InChI=1S/C11H10BrF3N2S/c1-6-5-16-10(18-6)17-7-2-3-9(12)8(4-7)11(13,14)15/h2-4,6H,5H2,1H3,(H,16,17). The van der Waals surface area contributed by atoms with E-state index in [-0.39, 0.29) is 4.47 Å². The average Bonchev–Trinajstić information content (AvgIpc) is 2.65. The Hall–Kier alpha value is -0.690. The van der Waals surface area contributed by atoms with E-state index >= 15 is 0 Å². The van der Waals surface area contributed by atoms with Gasteiger partial charge in [-0.1, -0.05) is 34.6 Å². The van der Waals surface area contributed by atoms with E-state index in [1.807, 2.05) is 6.92 Å². The summed E-state index contributed by atoms with van der Waals surface area (Å²) in [7, 11) is 0. The smallest absolute Gasteiger partial charge is 0.335 e. The van der Waals surface area contributed by atoms with Crippen LogP contribution < -0.4 is 5.32 Å². The first-order valence-electron chi connectivity index (χ1n) is 5.21. The second-order valence-corrected chi connectivity index (χ2v) is 6.17. The Kier molecular flexibility index (Phi) is 3.91. The zero-order valence-electron chi connectivity index (χ0n) is 9.38. The minimum Gasteiger partial charge on any atom is -0.335 e. The SMILES string of the molecule is CC1CN=C(Nc2ccc(Br)c(C(F)(F)F)c2)S1. The monoisotopic (exact) mass is 338 g/mol. The number of thioether (sulfide) groups is 1. The van der Waals surface area contributed by atoms with Crippen molar-refractivity contribution >= 4 is 38.5 Å². The largest absolute Gasteiger partial charge is 0.417 e. The van der Waals surface area contributed by atoms with E-state index in [2.05, 4.69) is 26.2 Å². The highest BCUT2D eigenvalue weighted by atomic mass is 79.9. The number of anilines is 1. The molecule has 18 heavy (non-hydrogen) atoms. The summed E-state index contributed by atoms with van der Waals surface area (Å²) >= 11 is 4.43. The van der Waals surface area contributed by atoms with Gasteiger partial charge < -0.3 is 5.32 Å². The van der Waals surface area contributed by atoms with Crippen LogP contribution >= 0.6 is 27.7 Å². The van der Waals surface area contributed by atoms with E-state index in [1.54, 1.807) is 6.07 Å². The summed E-state index contributed by atoms with van der Waals surface area (Å²) < 4.78 is 38.2. The molecular weight excluding hydrogens is 329 g/mol. The molecule has 0 amide bonds. The third-order valence-electron chi connectivity index (χ3n) is 2.33. The van der Waals surface area contributed by atoms with Crippen LogP contribution in [0.3, 0.4) is 0 Å². The fraction of sp³-hybridized carbons (Fsp3) is 0.364. The van der Waals surface area contributed by atoms with Crippen LogP contribution in [-0.2, 0) is 6.18 Å². The van der Waals surface area contributed by atoms with Gasteiger partial charge in [0.15, 0.2) is 5.17 Å². The highest BCUT2D eigenvalue weighted by molar-refractivity contribution is 9.10. The first-order chi connectivity index (χ1) is 8.36. The van der Waals surface area contributed by atoms with Crippen molar-refractivity contribution in [2.75, 3.05) is 11.9 Å². The molecule has 1 atom stereocenters. The molecule has 0 saturated heterocycles. The number of amidine groups is 1. The third kappa shape index (κ3) is 3.20. The number of halogens is 4. The summed E-state index contributed by atoms with van der Waals surface area (Å²) in [4.78, 5) is 4.20. The molecule has 1 unspecified atom stereocenters. The van der Waals surface area contributed by atoms with Crippen LogP contribution in [0.4, 0.5) is 18.9 Å². The summed E-state index contributed by atoms with van der Waals surface area (Å²) in [5.74, 6) is 0. The van der Waals surface area contributed by atoms with Crippen molar-refractivity contribution < 1.29 is 13.2 Å². The normalized spacial score (nSPS) is 19.8. The minimum atomic E-state index is -4.37. The van der Waals surface area contributed by atoms with Crippen molar-refractivity contribution in [1.82, 2.24) is 0 Å². The second-order valence-electron chi connectivity index (χ2n) is 3.89. The predicted octanol–water partition coefficient (Wildman–Crippen LogP) is 4.37. The quantitative estimate of drug-likeness (QED) is 0.822. The Morgan fingerprint density at radius 1 is 1.44 bits per heavy atom. The molecule has 0 aliphatic carbocycles. The molecule has 0 bridgehead atoms. The van der Waals surface area contributed by atoms with E-state index in [4.69, 9.17) is 0 Å². The summed E-state index contributed by atoms with van der Waals surface area (Å²) in [5, 5.41) is 3.93. The topological polar surface area (TPSA) is 24.4 Å². The molecule has 7 heteroatoms. The van der Waals surface area contributed by atoms with E-state index in [1.165, 1.54) is 17.8 Å². The maximum atomic E-state index is 12.7. The van der Waals surface area contributed by atoms with Gasteiger partial charge in [0.1, 0.15) is 0 Å². The molecule has 1 aliphatic heterocycles. The fourth-order valence-corrected chi connectivity index (χ4v) is 2.82. The Labute approximate surface area is 115 Å². The van der Waals surface area contributed by atoms with Gasteiger partial charge in [0.05, 0.1) is 12.1 Å². The van der Waals surface area contributed by atoms with Gasteiger partial charge >= 0.3 is 6.18 Å². The number of nitrogens with zero attached hydrogens (tertiary/aromatic N) is 1. The van der Waals surface area contributed by atoms with Gasteiger partial charge in [-0.2, -0.15) is 13.2 Å². The summed E-state index contributed by atoms with van der Waals surface area (Å²) in [6.07, 6.45) is -4.37. The van der Waals surface area contributed by atoms with Gasteiger partial charge in [0, 0.05) is 15.4 Å². The number of rotatable bonds is 1. The summed E-state index contributed by atoms with van der Waals surface area (Å²) in [5.41, 5.74) is -0.296. The molecule has 0 spiro atoms. The van der Waals surface area contributed by atoms with Crippen LogP contribution in [0.25, 0.3) is 0 Å². The van der Waals surface area contributed by atoms with Crippen LogP contribution in [0.5, 0.6) is 0 Å². The Balaban J connectivity index is 2.20. The molecule has 0 radical (unpaired) electrons. The predicted molar refractivity (Wildman–Crippen MR) is 72.1 cm³/mol. The average molecular weight is 339 g/mol. The zero-order valence-corrected chi connectivity index (χ0v) is 11.8. The summed E-state index contributed by atoms with van der Waals surface area (Å²) in [6, 6.07) is 4.05. The Bertz CT molecular complexity index is 488. The molecule has 0 aromatic heterocycles. The molecule has 98 valence electrons. The van der Waals surface area contributed by atoms with Crippen molar-refractivity contribution in [1.29, 1.82) is 0 Å². The number of alkyl halides is 3. The Morgan fingerprint density at radius 2 is 2.17 bits per heavy atom. The zero-order chi connectivity index (χ0) is 13.3. The molecule has 0 saturated carbocycles. The fourth-order valence-electron chi connectivity index (χ4n) is 1.49. The molecule has 1 aromatic carbocycles. The van der Waals surface area contributed by atoms with Gasteiger partial charge in [-0.3, -0.25) is 4.99 Å². The third-order valence-corrected chi connectivity index (χ3v) is 4.03. The maximum absolute atomic E-state index is 12.7. The molecule has 2 rings (SSSR count). The van der Waals surface area contributed by atoms with Crippen LogP contribution in [0.1, 0.15) is 12.5 Å². The lowest BCUT2D eigenvalue weighted by atomic mass is 10.2. The van der Waals surface area contributed by atoms with E-state index in [0.717, 1.165) is 6.07 Å². The lowest BCUT2D eigenvalue weighted by molar-refractivity contribution is -0.138. The summed E-state index contributed by atoms with van der Waals surface area (Å²) in [6.45, 7) is 2.71. The van der Waals surface area contributed by atoms with E-state index in [0.29, 0.717) is 22.6 Å². The lowest BCUT2D eigenvalue weighted by Gasteiger charge is -2.12. The lowest BCUT2D eigenvalue weighted by Crippen LogP contribution is -2.10. The van der Waals surface area contributed by atoms with Crippen molar-refractivity contribution in [2.24, 2.45) is 4.99 Å². The highest BCUT2D eigenvalue weighted by Gasteiger charge is 2.33. The number of aliphatic imine (C=N–C) groups is 1. The molecule has 1 aromatic rings. The van der Waals surface area contributed by atoms with E-state index in [9.17, 15) is 13.2 Å². The molecule has 0 fully saturated rings. The van der Waals surface area contributed by atoms with Gasteiger partial charge in [-0.05, 0) is 18.2 Å². The molecule has 2 nitrogen and oxygen atoms in total. The van der Waals surface area contributed by atoms with Crippen molar-refractivity contribution in [2.45, 2.75) is 18.3 Å². The van der Waals surface area contributed by atoms with Crippen LogP contribution in [0.15, 0.2) is 27.7 Å². The Morgan fingerprint density at radius 3 is 2.72 bits per heavy atom. The number of nitrogens with one attached hydrogen (secondary N) is 1. The van der Waals surface area contributed by atoms with Crippen LogP contribution in [0, 0.1) is 0 Å². The highest BCUT2D eigenvalue weighted by Crippen LogP contribution is 2.36. The van der Waals surface area contributed by atoms with Gasteiger partial charge in [-0.25, -0.2) is 0 Å². The molecule has 1 heterocycles. The number of benzene rings is 1. The maximum Gasteiger partial charge on any atom is 0.417 e. The van der Waals surface area contributed by atoms with Crippen molar-refractivity contribution in [3.05, 3.63) is 28.2 Å². The molecule has 1 aliphatic rings. The van der Waals surface area contributed by atoms with Crippen LogP contribution in [0.2, 0.25) is 0 Å². The second kappa shape index (κ2) is 5.13. The van der Waals surface area contributed by atoms with E-state index < -0.39 is 11.7 Å². The molecular formula is C11H10BrF3N2S. The van der Waals surface area contributed by atoms with Gasteiger partial charge in [0.2, 0.25) is 0 Å². The number of hydrogen-bond acceptors (Lipinski definition) is 3. The first kappa shape index (κ1) is 13.7. The van der Waals surface area contributed by atoms with Crippen molar-refractivity contribution in [3.63, 3.8) is 0 Å².